The summed E-state index contributed by atoms with van der Waals surface area (Å²) in [6.07, 6.45) is 1.70. The number of tetrazole rings is 1. The minimum Gasteiger partial charge on any atom is -0.301 e. The van der Waals surface area contributed by atoms with E-state index in [0.29, 0.717) is 16.8 Å². The summed E-state index contributed by atoms with van der Waals surface area (Å²) in [5.74, 6) is 0.0742. The Balaban J connectivity index is 1.60. The van der Waals surface area contributed by atoms with Crippen molar-refractivity contribution in [2.45, 2.75) is 11.7 Å². The average molecular weight is 332 g/mol. The number of fused-ring (bicyclic) bond motifs is 1. The number of carbonyl (C=O) groups is 1. The quantitative estimate of drug-likeness (QED) is 0.550. The molecule has 0 radical (unpaired) electrons. The molecule has 1 N–H and O–H groups in total. The molecule has 7 nitrogen and oxygen atoms in total. The van der Waals surface area contributed by atoms with Gasteiger partial charge in [-0.2, -0.15) is 0 Å². The number of thiazole rings is 1. The summed E-state index contributed by atoms with van der Waals surface area (Å²) in [6.45, 7) is 4.15. The minimum absolute atomic E-state index is 0.141. The van der Waals surface area contributed by atoms with Gasteiger partial charge in [0.2, 0.25) is 11.1 Å². The van der Waals surface area contributed by atoms with E-state index in [1.54, 1.807) is 10.8 Å². The van der Waals surface area contributed by atoms with Gasteiger partial charge in [0.05, 0.1) is 22.5 Å². The van der Waals surface area contributed by atoms with E-state index in [2.05, 4.69) is 32.4 Å². The molecule has 3 rings (SSSR count). The lowest BCUT2D eigenvalue weighted by molar-refractivity contribution is -0.113. The summed E-state index contributed by atoms with van der Waals surface area (Å²) in [6, 6.07) is 7.75. The summed E-state index contributed by atoms with van der Waals surface area (Å²) in [5, 5.41) is 15.2. The highest BCUT2D eigenvalue weighted by Gasteiger charge is 2.11. The molecule has 0 bridgehead atoms. The molecule has 0 fully saturated rings. The van der Waals surface area contributed by atoms with Crippen LogP contribution >= 0.6 is 23.1 Å². The van der Waals surface area contributed by atoms with Gasteiger partial charge in [-0.05, 0) is 22.6 Å². The summed E-state index contributed by atoms with van der Waals surface area (Å²) >= 11 is 2.72. The molecule has 0 saturated heterocycles. The number of nitrogens with zero attached hydrogens (tertiary/aromatic N) is 5. The number of allylic oxidation sites excluding steroid dienone is 1. The van der Waals surface area contributed by atoms with Gasteiger partial charge < -0.3 is 5.32 Å². The van der Waals surface area contributed by atoms with Crippen LogP contribution in [0.1, 0.15) is 0 Å². The number of hydrogen-bond acceptors (Lipinski definition) is 7. The van der Waals surface area contributed by atoms with Crippen LogP contribution in [-0.4, -0.2) is 36.9 Å². The highest BCUT2D eigenvalue weighted by molar-refractivity contribution is 7.99. The second-order valence-corrected chi connectivity index (χ2v) is 6.23. The molecule has 0 unspecified atom stereocenters. The number of para-hydroxylation sites is 1. The molecule has 112 valence electrons. The minimum atomic E-state index is -0.141. The molecule has 3 aromatic rings. The lowest BCUT2D eigenvalue weighted by atomic mass is 10.3. The van der Waals surface area contributed by atoms with E-state index in [1.165, 1.54) is 23.1 Å². The van der Waals surface area contributed by atoms with E-state index in [1.807, 2.05) is 24.3 Å². The van der Waals surface area contributed by atoms with Gasteiger partial charge >= 0.3 is 0 Å². The smallest absolute Gasteiger partial charge is 0.236 e. The van der Waals surface area contributed by atoms with Gasteiger partial charge in [0.1, 0.15) is 0 Å². The van der Waals surface area contributed by atoms with Gasteiger partial charge in [-0.25, -0.2) is 9.67 Å². The Kier molecular flexibility index (Phi) is 4.45. The molecule has 2 heterocycles. The number of thioether (sulfide) groups is 1. The number of aromatic nitrogens is 5. The first-order valence-corrected chi connectivity index (χ1v) is 8.22. The SMILES string of the molecule is C=CCn1nnnc1SCC(=O)Nc1nc2ccccc2s1. The number of hydrogen-bond donors (Lipinski definition) is 1. The zero-order valence-electron chi connectivity index (χ0n) is 11.5. The third kappa shape index (κ3) is 3.31. The highest BCUT2D eigenvalue weighted by atomic mass is 32.2. The van der Waals surface area contributed by atoms with Crippen molar-refractivity contribution < 1.29 is 4.79 Å². The third-order valence-corrected chi connectivity index (χ3v) is 4.58. The summed E-state index contributed by atoms with van der Waals surface area (Å²) in [5.41, 5.74) is 0.880. The molecule has 22 heavy (non-hydrogen) atoms. The van der Waals surface area contributed by atoms with Crippen molar-refractivity contribution in [3.8, 4) is 0 Å². The maximum Gasteiger partial charge on any atom is 0.236 e. The van der Waals surface area contributed by atoms with Gasteiger partial charge in [0.15, 0.2) is 5.13 Å². The Labute approximate surface area is 134 Å². The van der Waals surface area contributed by atoms with Crippen LogP contribution in [0.5, 0.6) is 0 Å². The van der Waals surface area contributed by atoms with Crippen LogP contribution in [0.3, 0.4) is 0 Å². The molecule has 0 saturated carbocycles. The topological polar surface area (TPSA) is 85.6 Å². The number of benzene rings is 1. The van der Waals surface area contributed by atoms with Crippen molar-refractivity contribution in [3.63, 3.8) is 0 Å². The summed E-state index contributed by atoms with van der Waals surface area (Å²) < 4.78 is 2.63. The summed E-state index contributed by atoms with van der Waals surface area (Å²) in [7, 11) is 0. The lowest BCUT2D eigenvalue weighted by Crippen LogP contribution is -2.14. The number of nitrogens with one attached hydrogen (secondary N) is 1. The van der Waals surface area contributed by atoms with Crippen LogP contribution in [0.25, 0.3) is 10.2 Å². The second-order valence-electron chi connectivity index (χ2n) is 4.26. The van der Waals surface area contributed by atoms with Crippen molar-refractivity contribution in [2.75, 3.05) is 11.1 Å². The van der Waals surface area contributed by atoms with Crippen molar-refractivity contribution >= 4 is 44.4 Å². The lowest BCUT2D eigenvalue weighted by Gasteiger charge is -2.01. The highest BCUT2D eigenvalue weighted by Crippen LogP contribution is 2.25. The number of amides is 1. The molecule has 0 aliphatic carbocycles. The van der Waals surface area contributed by atoms with Crippen LogP contribution in [0.2, 0.25) is 0 Å². The van der Waals surface area contributed by atoms with Gasteiger partial charge in [-0.15, -0.1) is 11.7 Å². The number of carbonyl (C=O) groups excluding carboxylic acids is 1. The van der Waals surface area contributed by atoms with E-state index >= 15 is 0 Å². The molecule has 0 spiro atoms. The van der Waals surface area contributed by atoms with E-state index in [9.17, 15) is 4.79 Å². The van der Waals surface area contributed by atoms with E-state index in [4.69, 9.17) is 0 Å². The molecular weight excluding hydrogens is 320 g/mol. The largest absolute Gasteiger partial charge is 0.301 e. The number of anilines is 1. The van der Waals surface area contributed by atoms with Crippen LogP contribution in [0, 0.1) is 0 Å². The molecule has 1 aromatic carbocycles. The Morgan fingerprint density at radius 3 is 3.14 bits per heavy atom. The first-order chi connectivity index (χ1) is 10.8. The van der Waals surface area contributed by atoms with Gasteiger partial charge in [-0.3, -0.25) is 4.79 Å². The molecule has 0 aliphatic rings. The molecular formula is C13H12N6OS2. The van der Waals surface area contributed by atoms with Gasteiger partial charge in [0.25, 0.3) is 0 Å². The van der Waals surface area contributed by atoms with Crippen molar-refractivity contribution in [1.29, 1.82) is 0 Å². The van der Waals surface area contributed by atoms with Crippen molar-refractivity contribution in [3.05, 3.63) is 36.9 Å². The van der Waals surface area contributed by atoms with E-state index < -0.39 is 0 Å². The monoisotopic (exact) mass is 332 g/mol. The zero-order valence-corrected chi connectivity index (χ0v) is 13.1. The number of rotatable bonds is 6. The molecule has 2 aromatic heterocycles. The molecule has 9 heteroatoms. The Morgan fingerprint density at radius 1 is 1.45 bits per heavy atom. The fourth-order valence-corrected chi connectivity index (χ4v) is 3.32. The van der Waals surface area contributed by atoms with E-state index in [0.717, 1.165) is 10.2 Å². The Bertz CT molecular complexity index is 779. The van der Waals surface area contributed by atoms with Crippen LogP contribution in [0.4, 0.5) is 5.13 Å². The van der Waals surface area contributed by atoms with Crippen molar-refractivity contribution in [1.82, 2.24) is 25.2 Å². The molecule has 0 atom stereocenters. The van der Waals surface area contributed by atoms with Crippen molar-refractivity contribution in [2.24, 2.45) is 0 Å². The first kappa shape index (κ1) is 14.7. The van der Waals surface area contributed by atoms with Crippen LogP contribution in [-0.2, 0) is 11.3 Å². The second kappa shape index (κ2) is 6.67. The van der Waals surface area contributed by atoms with E-state index in [-0.39, 0.29) is 11.7 Å². The maximum atomic E-state index is 12.0. The average Bonchev–Trinajstić information content (AvgIpc) is 3.11. The van der Waals surface area contributed by atoms with Gasteiger partial charge in [-0.1, -0.05) is 41.3 Å². The molecule has 0 aliphatic heterocycles. The molecule has 1 amide bonds. The first-order valence-electron chi connectivity index (χ1n) is 6.41. The third-order valence-electron chi connectivity index (χ3n) is 2.67. The maximum absolute atomic E-state index is 12.0. The Hall–Kier alpha value is -2.26. The van der Waals surface area contributed by atoms with Gasteiger partial charge in [0, 0.05) is 0 Å². The Morgan fingerprint density at radius 2 is 2.32 bits per heavy atom. The standard InChI is InChI=1S/C13H12N6OS2/c1-2-7-19-13(16-17-18-19)21-8-11(20)15-12-14-9-5-3-4-6-10(9)22-12/h2-6H,1,7-8H2,(H,14,15,20). The normalized spacial score (nSPS) is 10.7. The zero-order chi connectivity index (χ0) is 15.4. The van der Waals surface area contributed by atoms with Crippen LogP contribution in [0.15, 0.2) is 42.1 Å². The fraction of sp³-hybridized carbons (Fsp3) is 0.154. The summed E-state index contributed by atoms with van der Waals surface area (Å²) in [4.78, 5) is 16.4. The predicted octanol–water partition coefficient (Wildman–Crippen LogP) is 2.20. The fourth-order valence-electron chi connectivity index (χ4n) is 1.75. The van der Waals surface area contributed by atoms with Crippen LogP contribution < -0.4 is 5.32 Å². The predicted molar refractivity (Wildman–Crippen MR) is 87.0 cm³/mol.